The third-order valence-electron chi connectivity index (χ3n) is 3.99. The van der Waals surface area contributed by atoms with Crippen LogP contribution in [-0.4, -0.2) is 25.0 Å². The van der Waals surface area contributed by atoms with Crippen molar-refractivity contribution in [1.29, 1.82) is 0 Å². The van der Waals surface area contributed by atoms with Crippen molar-refractivity contribution in [2.45, 2.75) is 51.0 Å². The molecule has 1 amide bonds. The summed E-state index contributed by atoms with van der Waals surface area (Å²) in [6.07, 6.45) is 8.63. The average molecular weight is 274 g/mol. The molecule has 1 aliphatic carbocycles. The molecule has 0 atom stereocenters. The minimum Gasteiger partial charge on any atom is -0.355 e. The number of hydrogen-bond donors (Lipinski definition) is 2. The van der Waals surface area contributed by atoms with Crippen LogP contribution in [0.1, 0.15) is 44.1 Å². The van der Waals surface area contributed by atoms with Crippen molar-refractivity contribution in [2.24, 2.45) is 0 Å². The lowest BCUT2D eigenvalue weighted by Gasteiger charge is -2.15. The van der Waals surface area contributed by atoms with Gasteiger partial charge in [0.2, 0.25) is 5.91 Å². The molecule has 0 aliphatic heterocycles. The highest BCUT2D eigenvalue weighted by molar-refractivity contribution is 5.78. The molecule has 20 heavy (non-hydrogen) atoms. The molecule has 0 bridgehead atoms. The molecule has 0 saturated heterocycles. The molecular formula is C17H26N2O. The molecule has 3 heteroatoms. The number of carbonyl (C=O) groups excluding carboxylic acids is 1. The van der Waals surface area contributed by atoms with E-state index in [1.165, 1.54) is 44.1 Å². The summed E-state index contributed by atoms with van der Waals surface area (Å²) in [4.78, 5) is 11.8. The number of amides is 1. The van der Waals surface area contributed by atoms with Gasteiger partial charge in [-0.15, -0.1) is 0 Å². The van der Waals surface area contributed by atoms with Crippen molar-refractivity contribution >= 4 is 5.91 Å². The largest absolute Gasteiger partial charge is 0.355 e. The Morgan fingerprint density at radius 2 is 1.75 bits per heavy atom. The number of hydrogen-bond acceptors (Lipinski definition) is 2. The summed E-state index contributed by atoms with van der Waals surface area (Å²) < 4.78 is 0. The molecule has 1 aliphatic rings. The number of benzene rings is 1. The number of rotatable bonds is 6. The van der Waals surface area contributed by atoms with Gasteiger partial charge in [-0.3, -0.25) is 4.79 Å². The fraction of sp³-hybridized carbons (Fsp3) is 0.588. The molecule has 1 aromatic rings. The Labute approximate surface area is 122 Å². The lowest BCUT2D eigenvalue weighted by Crippen LogP contribution is -2.39. The normalized spacial score (nSPS) is 16.6. The van der Waals surface area contributed by atoms with Crippen molar-refractivity contribution in [1.82, 2.24) is 10.6 Å². The third kappa shape index (κ3) is 5.74. The first kappa shape index (κ1) is 15.0. The quantitative estimate of drug-likeness (QED) is 0.783. The van der Waals surface area contributed by atoms with Crippen LogP contribution in [0.25, 0.3) is 0 Å². The van der Waals surface area contributed by atoms with Gasteiger partial charge in [0, 0.05) is 12.6 Å². The summed E-state index contributed by atoms with van der Waals surface area (Å²) in [7, 11) is 0. The van der Waals surface area contributed by atoms with Crippen LogP contribution in [0, 0.1) is 0 Å². The second-order valence-electron chi connectivity index (χ2n) is 5.65. The van der Waals surface area contributed by atoms with Crippen molar-refractivity contribution < 1.29 is 4.79 Å². The summed E-state index contributed by atoms with van der Waals surface area (Å²) in [5.74, 6) is 0.116. The van der Waals surface area contributed by atoms with Gasteiger partial charge in [-0.25, -0.2) is 0 Å². The maximum Gasteiger partial charge on any atom is 0.233 e. The fourth-order valence-corrected chi connectivity index (χ4v) is 2.77. The van der Waals surface area contributed by atoms with Crippen molar-refractivity contribution in [3.05, 3.63) is 35.9 Å². The molecule has 1 saturated carbocycles. The molecule has 1 fully saturated rings. The van der Waals surface area contributed by atoms with E-state index in [1.807, 2.05) is 18.2 Å². The van der Waals surface area contributed by atoms with Gasteiger partial charge in [0.05, 0.1) is 6.54 Å². The second-order valence-corrected chi connectivity index (χ2v) is 5.65. The smallest absolute Gasteiger partial charge is 0.233 e. The predicted molar refractivity (Wildman–Crippen MR) is 82.6 cm³/mol. The van der Waals surface area contributed by atoms with Gasteiger partial charge in [-0.2, -0.15) is 0 Å². The molecular weight excluding hydrogens is 248 g/mol. The highest BCUT2D eigenvalue weighted by Gasteiger charge is 2.12. The Morgan fingerprint density at radius 1 is 1.05 bits per heavy atom. The molecule has 0 unspecified atom stereocenters. The molecule has 3 nitrogen and oxygen atoms in total. The van der Waals surface area contributed by atoms with Crippen molar-refractivity contribution in [3.63, 3.8) is 0 Å². The van der Waals surface area contributed by atoms with Crippen LogP contribution >= 0.6 is 0 Å². The SMILES string of the molecule is O=C(CNC1CCCCCC1)NCCc1ccccc1. The summed E-state index contributed by atoms with van der Waals surface area (Å²) in [5.41, 5.74) is 1.27. The molecule has 1 aromatic carbocycles. The van der Waals surface area contributed by atoms with Crippen LogP contribution < -0.4 is 10.6 Å². The Morgan fingerprint density at radius 3 is 2.45 bits per heavy atom. The minimum atomic E-state index is 0.116. The van der Waals surface area contributed by atoms with Gasteiger partial charge < -0.3 is 10.6 Å². The Balaban J connectivity index is 1.58. The summed E-state index contributed by atoms with van der Waals surface area (Å²) in [5, 5.41) is 6.38. The third-order valence-corrected chi connectivity index (χ3v) is 3.99. The number of carbonyl (C=O) groups is 1. The van der Waals surface area contributed by atoms with Gasteiger partial charge in [0.15, 0.2) is 0 Å². The summed E-state index contributed by atoms with van der Waals surface area (Å²) >= 11 is 0. The van der Waals surface area contributed by atoms with E-state index in [-0.39, 0.29) is 5.91 Å². The Hall–Kier alpha value is -1.35. The van der Waals surface area contributed by atoms with Crippen molar-refractivity contribution in [2.75, 3.05) is 13.1 Å². The maximum atomic E-state index is 11.8. The molecule has 110 valence electrons. The van der Waals surface area contributed by atoms with Crippen LogP contribution in [0.15, 0.2) is 30.3 Å². The molecule has 0 heterocycles. The molecule has 2 N–H and O–H groups in total. The highest BCUT2D eigenvalue weighted by atomic mass is 16.1. The van der Waals surface area contributed by atoms with Gasteiger partial charge in [-0.1, -0.05) is 56.0 Å². The fourth-order valence-electron chi connectivity index (χ4n) is 2.77. The van der Waals surface area contributed by atoms with E-state index >= 15 is 0 Å². The van der Waals surface area contributed by atoms with Crippen LogP contribution in [0.3, 0.4) is 0 Å². The van der Waals surface area contributed by atoms with Crippen LogP contribution in [0.2, 0.25) is 0 Å². The lowest BCUT2D eigenvalue weighted by atomic mass is 10.1. The monoisotopic (exact) mass is 274 g/mol. The van der Waals surface area contributed by atoms with E-state index in [4.69, 9.17) is 0 Å². The molecule has 0 spiro atoms. The van der Waals surface area contributed by atoms with Gasteiger partial charge >= 0.3 is 0 Å². The van der Waals surface area contributed by atoms with Gasteiger partial charge in [-0.05, 0) is 24.8 Å². The summed E-state index contributed by atoms with van der Waals surface area (Å²) in [6, 6.07) is 10.8. The van der Waals surface area contributed by atoms with E-state index in [0.717, 1.165) is 13.0 Å². The first-order valence-electron chi connectivity index (χ1n) is 7.88. The average Bonchev–Trinajstić information content (AvgIpc) is 2.75. The van der Waals surface area contributed by atoms with Gasteiger partial charge in [0.1, 0.15) is 0 Å². The standard InChI is InChI=1S/C17H26N2O/c20-17(14-19-16-10-6-1-2-7-11-16)18-13-12-15-8-4-3-5-9-15/h3-5,8-9,16,19H,1-2,6-7,10-14H2,(H,18,20). The topological polar surface area (TPSA) is 41.1 Å². The second kappa shape index (κ2) is 8.75. The van der Waals surface area contributed by atoms with Crippen molar-refractivity contribution in [3.8, 4) is 0 Å². The van der Waals surface area contributed by atoms with Crippen LogP contribution in [0.5, 0.6) is 0 Å². The Kier molecular flexibility index (Phi) is 6.58. The van der Waals surface area contributed by atoms with E-state index in [1.54, 1.807) is 0 Å². The predicted octanol–water partition coefficient (Wildman–Crippen LogP) is 2.66. The number of nitrogens with one attached hydrogen (secondary N) is 2. The molecule has 2 rings (SSSR count). The zero-order chi connectivity index (χ0) is 14.0. The zero-order valence-corrected chi connectivity index (χ0v) is 12.2. The van der Waals surface area contributed by atoms with Crippen LogP contribution in [-0.2, 0) is 11.2 Å². The van der Waals surface area contributed by atoms with E-state index < -0.39 is 0 Å². The molecule has 0 radical (unpaired) electrons. The maximum absolute atomic E-state index is 11.8. The van der Waals surface area contributed by atoms with Crippen LogP contribution in [0.4, 0.5) is 0 Å². The zero-order valence-electron chi connectivity index (χ0n) is 12.2. The highest BCUT2D eigenvalue weighted by Crippen LogP contribution is 2.16. The Bertz CT molecular complexity index is 383. The first-order valence-corrected chi connectivity index (χ1v) is 7.88. The van der Waals surface area contributed by atoms with Gasteiger partial charge in [0.25, 0.3) is 0 Å². The van der Waals surface area contributed by atoms with E-state index in [9.17, 15) is 4.79 Å². The van der Waals surface area contributed by atoms with E-state index in [2.05, 4.69) is 22.8 Å². The first-order chi connectivity index (χ1) is 9.84. The lowest BCUT2D eigenvalue weighted by molar-refractivity contribution is -0.120. The molecule has 0 aromatic heterocycles. The minimum absolute atomic E-state index is 0.116. The summed E-state index contributed by atoms with van der Waals surface area (Å²) in [6.45, 7) is 1.18. The van der Waals surface area contributed by atoms with E-state index in [0.29, 0.717) is 12.6 Å².